The monoisotopic (exact) mass is 466 g/mol. The molecule has 4 atom stereocenters. The standard InChI is InChI=1S/C23H22N4O5S/c1-12-7-8-13(27(31)32)11-17(12)26-20(28)18-16(9-10-33-2)25-23(19(18)21(26)29)14-5-3-4-6-15(14)24-22(23)30/h3-8,11,16,18-19,25H,9-10H2,1-2H3,(H,24,30)/t16-,18-,19-,23+/m0/s1. The van der Waals surface area contributed by atoms with Gasteiger partial charge in [-0.2, -0.15) is 11.8 Å². The summed E-state index contributed by atoms with van der Waals surface area (Å²) in [4.78, 5) is 52.8. The number of carbonyl (C=O) groups is 3. The molecule has 10 heteroatoms. The molecule has 3 aliphatic rings. The molecule has 0 bridgehead atoms. The van der Waals surface area contributed by atoms with E-state index < -0.39 is 34.1 Å². The molecule has 5 rings (SSSR count). The van der Waals surface area contributed by atoms with Crippen molar-refractivity contribution in [3.05, 3.63) is 63.7 Å². The molecule has 33 heavy (non-hydrogen) atoms. The minimum atomic E-state index is -1.36. The van der Waals surface area contributed by atoms with Crippen molar-refractivity contribution in [2.75, 3.05) is 22.2 Å². The Hall–Kier alpha value is -3.24. The van der Waals surface area contributed by atoms with Gasteiger partial charge >= 0.3 is 0 Å². The van der Waals surface area contributed by atoms with Gasteiger partial charge in [0, 0.05) is 29.4 Å². The first kappa shape index (κ1) is 21.6. The second-order valence-corrected chi connectivity index (χ2v) is 9.57. The molecule has 9 nitrogen and oxygen atoms in total. The van der Waals surface area contributed by atoms with Crippen LogP contribution in [0.1, 0.15) is 17.5 Å². The number of rotatable bonds is 5. The number of amides is 3. The second kappa shape index (κ2) is 7.67. The number of anilines is 2. The van der Waals surface area contributed by atoms with Crippen molar-refractivity contribution >= 4 is 46.5 Å². The molecule has 0 saturated carbocycles. The van der Waals surface area contributed by atoms with Crippen LogP contribution in [-0.4, -0.2) is 40.7 Å². The maximum Gasteiger partial charge on any atom is 0.271 e. The Balaban J connectivity index is 1.66. The van der Waals surface area contributed by atoms with Gasteiger partial charge in [-0.1, -0.05) is 24.3 Å². The highest BCUT2D eigenvalue weighted by Gasteiger charge is 2.70. The van der Waals surface area contributed by atoms with Crippen molar-refractivity contribution in [2.24, 2.45) is 11.8 Å². The zero-order chi connectivity index (χ0) is 23.5. The van der Waals surface area contributed by atoms with E-state index in [1.54, 1.807) is 43.0 Å². The van der Waals surface area contributed by atoms with Gasteiger partial charge in [-0.3, -0.25) is 29.8 Å². The molecular formula is C23H22N4O5S. The molecule has 0 aliphatic carbocycles. The van der Waals surface area contributed by atoms with E-state index in [-0.39, 0.29) is 23.3 Å². The summed E-state index contributed by atoms with van der Waals surface area (Å²) in [7, 11) is 0. The first-order valence-corrected chi connectivity index (χ1v) is 12.0. The number of fused-ring (bicyclic) bond motifs is 4. The maximum atomic E-state index is 13.9. The van der Waals surface area contributed by atoms with Crippen molar-refractivity contribution < 1.29 is 19.3 Å². The number of imide groups is 1. The predicted molar refractivity (Wildman–Crippen MR) is 124 cm³/mol. The lowest BCUT2D eigenvalue weighted by atomic mass is 9.76. The fraction of sp³-hybridized carbons (Fsp3) is 0.348. The molecule has 1 spiro atoms. The van der Waals surface area contributed by atoms with E-state index in [0.717, 1.165) is 10.7 Å². The third-order valence-corrected chi connectivity index (χ3v) is 7.54. The Bertz CT molecular complexity index is 1220. The smallest absolute Gasteiger partial charge is 0.271 e. The van der Waals surface area contributed by atoms with Gasteiger partial charge in [0.2, 0.25) is 17.7 Å². The number of hydrogen-bond acceptors (Lipinski definition) is 7. The highest BCUT2D eigenvalue weighted by Crippen LogP contribution is 2.54. The molecule has 2 N–H and O–H groups in total. The fourth-order valence-electron chi connectivity index (χ4n) is 5.44. The summed E-state index contributed by atoms with van der Waals surface area (Å²) in [5.41, 5.74) is 0.463. The zero-order valence-corrected chi connectivity index (χ0v) is 18.8. The molecule has 170 valence electrons. The topological polar surface area (TPSA) is 122 Å². The summed E-state index contributed by atoms with van der Waals surface area (Å²) in [5, 5.41) is 17.6. The number of thioether (sulfide) groups is 1. The van der Waals surface area contributed by atoms with Crippen molar-refractivity contribution in [2.45, 2.75) is 24.9 Å². The van der Waals surface area contributed by atoms with Crippen LogP contribution in [0, 0.1) is 28.9 Å². The first-order valence-electron chi connectivity index (χ1n) is 10.6. The maximum absolute atomic E-state index is 13.9. The Morgan fingerprint density at radius 1 is 1.15 bits per heavy atom. The fourth-order valence-corrected chi connectivity index (χ4v) is 5.93. The molecule has 3 amide bonds. The van der Waals surface area contributed by atoms with Gasteiger partial charge in [0.05, 0.1) is 22.4 Å². The van der Waals surface area contributed by atoms with Gasteiger partial charge < -0.3 is 5.32 Å². The van der Waals surface area contributed by atoms with Crippen LogP contribution in [0.15, 0.2) is 42.5 Å². The second-order valence-electron chi connectivity index (χ2n) is 8.58. The lowest BCUT2D eigenvalue weighted by Gasteiger charge is -2.29. The summed E-state index contributed by atoms with van der Waals surface area (Å²) in [5.74, 6) is -2.25. The van der Waals surface area contributed by atoms with E-state index in [0.29, 0.717) is 23.2 Å². The number of nitrogens with zero attached hydrogens (tertiary/aromatic N) is 2. The number of hydrogen-bond donors (Lipinski definition) is 2. The van der Waals surface area contributed by atoms with Crippen LogP contribution in [0.4, 0.5) is 17.1 Å². The van der Waals surface area contributed by atoms with Crippen LogP contribution in [0.2, 0.25) is 0 Å². The third-order valence-electron chi connectivity index (χ3n) is 6.90. The quantitative estimate of drug-likeness (QED) is 0.395. The van der Waals surface area contributed by atoms with Crippen molar-refractivity contribution in [1.29, 1.82) is 0 Å². The number of benzene rings is 2. The number of para-hydroxylation sites is 1. The Morgan fingerprint density at radius 3 is 2.64 bits per heavy atom. The SMILES string of the molecule is CSCC[C@@H]1N[C@@]2(C(=O)Nc3ccccc32)[C@@H]2C(=O)N(c3cc([N+](=O)[O-])ccc3C)C(=O)[C@@H]12. The van der Waals surface area contributed by atoms with Crippen LogP contribution >= 0.6 is 11.8 Å². The number of non-ortho nitro benzene ring substituents is 1. The molecule has 2 aromatic rings. The summed E-state index contributed by atoms with van der Waals surface area (Å²) >= 11 is 1.62. The average molecular weight is 467 g/mol. The highest BCUT2D eigenvalue weighted by atomic mass is 32.2. The molecular weight excluding hydrogens is 444 g/mol. The summed E-state index contributed by atoms with van der Waals surface area (Å²) in [6, 6.07) is 10.9. The number of nitro groups is 1. The van der Waals surface area contributed by atoms with Gasteiger partial charge in [0.25, 0.3) is 5.69 Å². The Morgan fingerprint density at radius 2 is 1.91 bits per heavy atom. The van der Waals surface area contributed by atoms with Crippen LogP contribution in [0.5, 0.6) is 0 Å². The van der Waals surface area contributed by atoms with E-state index >= 15 is 0 Å². The first-order chi connectivity index (χ1) is 15.8. The molecule has 2 saturated heterocycles. The predicted octanol–water partition coefficient (Wildman–Crippen LogP) is 2.58. The van der Waals surface area contributed by atoms with Crippen molar-refractivity contribution in [1.82, 2.24) is 5.32 Å². The molecule has 0 radical (unpaired) electrons. The van der Waals surface area contributed by atoms with E-state index in [9.17, 15) is 24.5 Å². The number of nitrogens with one attached hydrogen (secondary N) is 2. The lowest BCUT2D eigenvalue weighted by Crippen LogP contribution is -2.53. The van der Waals surface area contributed by atoms with Gasteiger partial charge in [0.15, 0.2) is 0 Å². The summed E-state index contributed by atoms with van der Waals surface area (Å²) in [6.45, 7) is 1.70. The molecule has 0 unspecified atom stereocenters. The number of carbonyl (C=O) groups excluding carboxylic acids is 3. The van der Waals surface area contributed by atoms with Gasteiger partial charge in [-0.25, -0.2) is 4.90 Å². The Kier molecular flexibility index (Phi) is 5.02. The minimum absolute atomic E-state index is 0.194. The van der Waals surface area contributed by atoms with Crippen molar-refractivity contribution in [3.8, 4) is 0 Å². The molecule has 2 fully saturated rings. The summed E-state index contributed by atoms with van der Waals surface area (Å²) in [6.07, 6.45) is 2.56. The minimum Gasteiger partial charge on any atom is -0.324 e. The van der Waals surface area contributed by atoms with E-state index in [1.807, 2.05) is 6.26 Å². The van der Waals surface area contributed by atoms with E-state index in [1.165, 1.54) is 18.2 Å². The molecule has 3 aliphatic heterocycles. The van der Waals surface area contributed by atoms with Crippen LogP contribution in [0.3, 0.4) is 0 Å². The largest absolute Gasteiger partial charge is 0.324 e. The number of nitro benzene ring substituents is 1. The average Bonchev–Trinajstić information content (AvgIpc) is 3.37. The van der Waals surface area contributed by atoms with E-state index in [4.69, 9.17) is 0 Å². The molecule has 2 aromatic carbocycles. The van der Waals surface area contributed by atoms with Crippen molar-refractivity contribution in [3.63, 3.8) is 0 Å². The van der Waals surface area contributed by atoms with Gasteiger partial charge in [0.1, 0.15) is 5.54 Å². The normalized spacial score (nSPS) is 27.8. The van der Waals surface area contributed by atoms with Crippen LogP contribution < -0.4 is 15.5 Å². The lowest BCUT2D eigenvalue weighted by molar-refractivity contribution is -0.384. The molecule has 3 heterocycles. The summed E-state index contributed by atoms with van der Waals surface area (Å²) < 4.78 is 0. The Labute approximate surface area is 194 Å². The third kappa shape index (κ3) is 2.94. The van der Waals surface area contributed by atoms with Gasteiger partial charge in [-0.15, -0.1) is 0 Å². The highest BCUT2D eigenvalue weighted by molar-refractivity contribution is 7.98. The van der Waals surface area contributed by atoms with Gasteiger partial charge in [-0.05, 0) is 37.0 Å². The van der Waals surface area contributed by atoms with Crippen LogP contribution in [-0.2, 0) is 19.9 Å². The molecule has 0 aromatic heterocycles. The van der Waals surface area contributed by atoms with E-state index in [2.05, 4.69) is 10.6 Å². The zero-order valence-electron chi connectivity index (χ0n) is 18.0. The van der Waals surface area contributed by atoms with Crippen LogP contribution in [0.25, 0.3) is 0 Å². The number of aryl methyl sites for hydroxylation is 1.